The fourth-order valence-electron chi connectivity index (χ4n) is 4.05. The second-order valence-corrected chi connectivity index (χ2v) is 9.72. The Morgan fingerprint density at radius 2 is 1.97 bits per heavy atom. The van der Waals surface area contributed by atoms with E-state index in [0.717, 1.165) is 56.6 Å². The Morgan fingerprint density at radius 3 is 2.77 bits per heavy atom. The molecule has 0 unspecified atom stereocenters. The molecule has 0 saturated heterocycles. The number of nitrogens with zero attached hydrogens (tertiary/aromatic N) is 1. The second kappa shape index (κ2) is 9.27. The third-order valence-corrected chi connectivity index (χ3v) is 7.28. The number of benzene rings is 2. The summed E-state index contributed by atoms with van der Waals surface area (Å²) < 4.78 is 2.12. The minimum absolute atomic E-state index is 0.0304. The minimum Gasteiger partial charge on any atom is -0.347 e. The van der Waals surface area contributed by atoms with Gasteiger partial charge in [0.15, 0.2) is 0 Å². The van der Waals surface area contributed by atoms with Crippen molar-refractivity contribution >= 4 is 55.0 Å². The zero-order valence-electron chi connectivity index (χ0n) is 16.8. The number of thiazole rings is 1. The molecule has 7 heteroatoms. The predicted octanol–water partition coefficient (Wildman–Crippen LogP) is 5.40. The van der Waals surface area contributed by atoms with Crippen molar-refractivity contribution in [2.75, 3.05) is 11.9 Å². The highest BCUT2D eigenvalue weighted by molar-refractivity contribution is 9.10. The Balaban J connectivity index is 1.40. The molecular weight excluding hydrogens is 462 g/mol. The zero-order valence-corrected chi connectivity index (χ0v) is 19.2. The quantitative estimate of drug-likeness (QED) is 0.508. The third-order valence-electron chi connectivity index (χ3n) is 5.62. The maximum Gasteiger partial charge on any atom is 0.243 e. The largest absolute Gasteiger partial charge is 0.347 e. The molecule has 156 valence electrons. The van der Waals surface area contributed by atoms with E-state index in [1.54, 1.807) is 11.3 Å². The number of carbonyl (C=O) groups is 2. The van der Waals surface area contributed by atoms with Gasteiger partial charge in [0, 0.05) is 22.0 Å². The number of para-hydroxylation sites is 1. The SMILES string of the molecule is Cc1cc(Br)ccc1NC(=O)CNC(=O)[C@@H]1CCCC[C@H]1c1nc2ccccc2s1. The molecule has 2 atom stereocenters. The van der Waals surface area contributed by atoms with Gasteiger partial charge in [-0.15, -0.1) is 11.3 Å². The van der Waals surface area contributed by atoms with Crippen LogP contribution in [-0.2, 0) is 9.59 Å². The van der Waals surface area contributed by atoms with Gasteiger partial charge in [-0.1, -0.05) is 40.9 Å². The lowest BCUT2D eigenvalue weighted by Gasteiger charge is -2.29. The van der Waals surface area contributed by atoms with Crippen LogP contribution in [0.25, 0.3) is 10.2 Å². The number of hydrogen-bond donors (Lipinski definition) is 2. The van der Waals surface area contributed by atoms with Gasteiger partial charge in [-0.25, -0.2) is 4.98 Å². The Kier molecular flexibility index (Phi) is 6.49. The minimum atomic E-state index is -0.221. The second-order valence-electron chi connectivity index (χ2n) is 7.74. The van der Waals surface area contributed by atoms with E-state index in [0.29, 0.717) is 0 Å². The third kappa shape index (κ3) is 4.73. The number of amides is 2. The van der Waals surface area contributed by atoms with Crippen LogP contribution in [0.3, 0.4) is 0 Å². The Bertz CT molecular complexity index is 1050. The van der Waals surface area contributed by atoms with Crippen LogP contribution in [0.4, 0.5) is 5.69 Å². The molecule has 30 heavy (non-hydrogen) atoms. The van der Waals surface area contributed by atoms with Crippen molar-refractivity contribution in [1.29, 1.82) is 0 Å². The average Bonchev–Trinajstić information content (AvgIpc) is 3.18. The highest BCUT2D eigenvalue weighted by Gasteiger charge is 2.34. The number of carbonyl (C=O) groups excluding carboxylic acids is 2. The van der Waals surface area contributed by atoms with Crippen LogP contribution in [0.1, 0.15) is 42.2 Å². The number of aryl methyl sites for hydroxylation is 1. The highest BCUT2D eigenvalue weighted by Crippen LogP contribution is 2.40. The molecule has 5 nitrogen and oxygen atoms in total. The maximum atomic E-state index is 12.9. The number of aromatic nitrogens is 1. The number of anilines is 1. The average molecular weight is 486 g/mol. The van der Waals surface area contributed by atoms with Crippen LogP contribution >= 0.6 is 27.3 Å². The summed E-state index contributed by atoms with van der Waals surface area (Å²) in [5.41, 5.74) is 2.71. The molecule has 2 aromatic carbocycles. The number of fused-ring (bicyclic) bond motifs is 1. The van der Waals surface area contributed by atoms with Crippen molar-refractivity contribution in [1.82, 2.24) is 10.3 Å². The van der Waals surface area contributed by atoms with Crippen LogP contribution in [-0.4, -0.2) is 23.3 Å². The first-order valence-corrected chi connectivity index (χ1v) is 11.8. The number of halogens is 1. The summed E-state index contributed by atoms with van der Waals surface area (Å²) in [6.07, 6.45) is 3.93. The fraction of sp³-hybridized carbons (Fsp3) is 0.348. The van der Waals surface area contributed by atoms with Gasteiger partial charge in [0.25, 0.3) is 0 Å². The first-order valence-electron chi connectivity index (χ1n) is 10.2. The number of nitrogens with one attached hydrogen (secondary N) is 2. The molecule has 1 heterocycles. The standard InChI is InChI=1S/C23H24BrN3O2S/c1-14-12-15(24)10-11-18(14)26-21(28)13-25-22(29)16-6-2-3-7-17(16)23-27-19-8-4-5-9-20(19)30-23/h4-5,8-12,16-17H,2-3,6-7,13H2,1H3,(H,25,29)(H,26,28)/t16-,17-/m1/s1. The predicted molar refractivity (Wildman–Crippen MR) is 125 cm³/mol. The Morgan fingerprint density at radius 1 is 1.17 bits per heavy atom. The van der Waals surface area contributed by atoms with Gasteiger partial charge >= 0.3 is 0 Å². The van der Waals surface area contributed by atoms with Crippen molar-refractivity contribution in [2.24, 2.45) is 5.92 Å². The lowest BCUT2D eigenvalue weighted by molar-refractivity contribution is -0.128. The van der Waals surface area contributed by atoms with Crippen LogP contribution in [0, 0.1) is 12.8 Å². The van der Waals surface area contributed by atoms with Gasteiger partial charge in [0.05, 0.1) is 21.8 Å². The topological polar surface area (TPSA) is 71.1 Å². The van der Waals surface area contributed by atoms with E-state index in [1.165, 1.54) is 0 Å². The van der Waals surface area contributed by atoms with Crippen molar-refractivity contribution in [3.8, 4) is 0 Å². The highest BCUT2D eigenvalue weighted by atomic mass is 79.9. The van der Waals surface area contributed by atoms with Crippen LogP contribution in [0.5, 0.6) is 0 Å². The van der Waals surface area contributed by atoms with Crippen LogP contribution in [0.15, 0.2) is 46.9 Å². The van der Waals surface area contributed by atoms with Gasteiger partial charge in [-0.05, 0) is 55.7 Å². The molecule has 0 spiro atoms. The molecule has 1 aliphatic rings. The summed E-state index contributed by atoms with van der Waals surface area (Å²) in [6, 6.07) is 13.8. The summed E-state index contributed by atoms with van der Waals surface area (Å²) in [7, 11) is 0. The molecule has 0 radical (unpaired) electrons. The van der Waals surface area contributed by atoms with Crippen molar-refractivity contribution in [2.45, 2.75) is 38.5 Å². The van der Waals surface area contributed by atoms with E-state index in [9.17, 15) is 9.59 Å². The Labute approximate surface area is 188 Å². The van der Waals surface area contributed by atoms with Crippen LogP contribution in [0.2, 0.25) is 0 Å². The molecule has 0 bridgehead atoms. The van der Waals surface area contributed by atoms with Gasteiger partial charge in [0.1, 0.15) is 0 Å². The molecule has 0 aliphatic heterocycles. The van der Waals surface area contributed by atoms with E-state index < -0.39 is 0 Å². The molecule has 3 aromatic rings. The monoisotopic (exact) mass is 485 g/mol. The van der Waals surface area contributed by atoms with Gasteiger partial charge in [-0.3, -0.25) is 9.59 Å². The smallest absolute Gasteiger partial charge is 0.243 e. The molecule has 1 aliphatic carbocycles. The summed E-state index contributed by atoms with van der Waals surface area (Å²) in [4.78, 5) is 30.1. The lowest BCUT2D eigenvalue weighted by Crippen LogP contribution is -2.39. The molecule has 4 rings (SSSR count). The molecule has 1 saturated carbocycles. The van der Waals surface area contributed by atoms with E-state index in [2.05, 4.69) is 32.6 Å². The van der Waals surface area contributed by atoms with E-state index >= 15 is 0 Å². The summed E-state index contributed by atoms with van der Waals surface area (Å²) in [5, 5.41) is 6.76. The lowest BCUT2D eigenvalue weighted by atomic mass is 9.79. The van der Waals surface area contributed by atoms with Gasteiger partial charge in [0.2, 0.25) is 11.8 Å². The zero-order chi connectivity index (χ0) is 21.1. The molecule has 2 amide bonds. The van der Waals surface area contributed by atoms with Gasteiger partial charge in [-0.2, -0.15) is 0 Å². The Hall–Kier alpha value is -2.25. The van der Waals surface area contributed by atoms with Gasteiger partial charge < -0.3 is 10.6 Å². The fourth-order valence-corrected chi connectivity index (χ4v) is 5.69. The van der Waals surface area contributed by atoms with Crippen molar-refractivity contribution in [3.05, 3.63) is 57.5 Å². The van der Waals surface area contributed by atoms with E-state index in [4.69, 9.17) is 4.98 Å². The number of rotatable bonds is 5. The van der Waals surface area contributed by atoms with Crippen LogP contribution < -0.4 is 10.6 Å². The van der Waals surface area contributed by atoms with Crippen molar-refractivity contribution < 1.29 is 9.59 Å². The summed E-state index contributed by atoms with van der Waals surface area (Å²) in [6.45, 7) is 1.90. The summed E-state index contributed by atoms with van der Waals surface area (Å²) >= 11 is 5.10. The first-order chi connectivity index (χ1) is 14.5. The van der Waals surface area contributed by atoms with E-state index in [-0.39, 0.29) is 30.2 Å². The first kappa shape index (κ1) is 21.0. The molecular formula is C23H24BrN3O2S. The number of hydrogen-bond acceptors (Lipinski definition) is 4. The normalized spacial score (nSPS) is 18.9. The molecule has 2 N–H and O–H groups in total. The maximum absolute atomic E-state index is 12.9. The molecule has 1 fully saturated rings. The molecule has 1 aromatic heterocycles. The van der Waals surface area contributed by atoms with Crippen molar-refractivity contribution in [3.63, 3.8) is 0 Å². The van der Waals surface area contributed by atoms with E-state index in [1.807, 2.05) is 43.3 Å². The summed E-state index contributed by atoms with van der Waals surface area (Å²) in [5.74, 6) is -0.294.